The minimum absolute atomic E-state index is 0.0211. The summed E-state index contributed by atoms with van der Waals surface area (Å²) >= 11 is 2.45. The summed E-state index contributed by atoms with van der Waals surface area (Å²) in [6.07, 6.45) is 3.30. The van der Waals surface area contributed by atoms with Gasteiger partial charge in [0.2, 0.25) is 5.91 Å². The molecule has 1 amide bonds. The third kappa shape index (κ3) is 4.86. The molecule has 0 radical (unpaired) electrons. The van der Waals surface area contributed by atoms with E-state index in [2.05, 4.69) is 20.5 Å². The maximum absolute atomic E-state index is 12.1. The standard InChI is InChI=1S/C16H11N5O5S2/c22-13(18-11-4-10(15(23)24)5-12(6-11)21(25)26)8-27-16-20-19-14(28-16)9-2-1-3-17-7-9/h1-7H,8H2,(H,18,22)(H,23,24). The number of hydrogen-bond donors (Lipinski definition) is 2. The quantitative estimate of drug-likeness (QED) is 0.336. The highest BCUT2D eigenvalue weighted by Crippen LogP contribution is 2.29. The second kappa shape index (κ2) is 8.54. The summed E-state index contributed by atoms with van der Waals surface area (Å²) in [6, 6.07) is 6.80. The number of aromatic carboxylic acids is 1. The molecule has 0 saturated heterocycles. The van der Waals surface area contributed by atoms with Gasteiger partial charge in [0.1, 0.15) is 5.01 Å². The fourth-order valence-electron chi connectivity index (χ4n) is 2.11. The van der Waals surface area contributed by atoms with Gasteiger partial charge in [-0.05, 0) is 18.2 Å². The topological polar surface area (TPSA) is 148 Å². The van der Waals surface area contributed by atoms with Crippen LogP contribution in [0.4, 0.5) is 11.4 Å². The van der Waals surface area contributed by atoms with E-state index in [1.807, 2.05) is 6.07 Å². The van der Waals surface area contributed by atoms with Crippen molar-refractivity contribution >= 4 is 46.3 Å². The molecule has 2 aromatic heterocycles. The molecular formula is C16H11N5O5S2. The summed E-state index contributed by atoms with van der Waals surface area (Å²) in [5.41, 5.74) is 0.134. The number of carboxylic acid groups (broad SMARTS) is 1. The second-order valence-electron chi connectivity index (χ2n) is 5.28. The number of thioether (sulfide) groups is 1. The number of carbonyl (C=O) groups is 2. The fraction of sp³-hybridized carbons (Fsp3) is 0.0625. The van der Waals surface area contributed by atoms with Crippen LogP contribution in [0.1, 0.15) is 10.4 Å². The maximum Gasteiger partial charge on any atom is 0.336 e. The zero-order valence-electron chi connectivity index (χ0n) is 13.9. The molecule has 0 fully saturated rings. The lowest BCUT2D eigenvalue weighted by Crippen LogP contribution is -2.14. The van der Waals surface area contributed by atoms with Crippen molar-refractivity contribution in [1.82, 2.24) is 15.2 Å². The van der Waals surface area contributed by atoms with E-state index in [-0.39, 0.29) is 17.0 Å². The number of hydrogen-bond acceptors (Lipinski definition) is 9. The lowest BCUT2D eigenvalue weighted by Gasteiger charge is -2.05. The molecule has 0 saturated carbocycles. The summed E-state index contributed by atoms with van der Waals surface area (Å²) in [7, 11) is 0. The van der Waals surface area contributed by atoms with Gasteiger partial charge in [0.25, 0.3) is 5.69 Å². The van der Waals surface area contributed by atoms with Crippen molar-refractivity contribution in [1.29, 1.82) is 0 Å². The third-order valence-electron chi connectivity index (χ3n) is 3.30. The first-order valence-electron chi connectivity index (χ1n) is 7.61. The molecule has 3 rings (SSSR count). The zero-order valence-corrected chi connectivity index (χ0v) is 15.6. The molecule has 3 aromatic rings. The molecular weight excluding hydrogens is 406 g/mol. The van der Waals surface area contributed by atoms with Crippen LogP contribution in [0.15, 0.2) is 47.1 Å². The first-order valence-corrected chi connectivity index (χ1v) is 9.42. The predicted molar refractivity (Wildman–Crippen MR) is 103 cm³/mol. The van der Waals surface area contributed by atoms with E-state index >= 15 is 0 Å². The van der Waals surface area contributed by atoms with Crippen LogP contribution in [0, 0.1) is 10.1 Å². The molecule has 1 aromatic carbocycles. The van der Waals surface area contributed by atoms with Crippen molar-refractivity contribution in [2.75, 3.05) is 11.1 Å². The Morgan fingerprint density at radius 2 is 2.11 bits per heavy atom. The highest BCUT2D eigenvalue weighted by Gasteiger charge is 2.16. The van der Waals surface area contributed by atoms with Crippen molar-refractivity contribution < 1.29 is 19.6 Å². The maximum atomic E-state index is 12.1. The van der Waals surface area contributed by atoms with Gasteiger partial charge in [0.15, 0.2) is 4.34 Å². The summed E-state index contributed by atoms with van der Waals surface area (Å²) < 4.78 is 0.569. The summed E-state index contributed by atoms with van der Waals surface area (Å²) in [4.78, 5) is 37.4. The Morgan fingerprint density at radius 1 is 1.29 bits per heavy atom. The number of nitro benzene ring substituents is 1. The number of benzene rings is 1. The van der Waals surface area contributed by atoms with Gasteiger partial charge >= 0.3 is 5.97 Å². The van der Waals surface area contributed by atoms with E-state index in [1.165, 1.54) is 11.3 Å². The summed E-state index contributed by atoms with van der Waals surface area (Å²) in [6.45, 7) is 0. The number of anilines is 1. The van der Waals surface area contributed by atoms with Crippen LogP contribution in [0.2, 0.25) is 0 Å². The Morgan fingerprint density at radius 3 is 2.79 bits per heavy atom. The van der Waals surface area contributed by atoms with Crippen LogP contribution < -0.4 is 5.32 Å². The fourth-order valence-corrected chi connectivity index (χ4v) is 3.75. The van der Waals surface area contributed by atoms with Crippen molar-refractivity contribution in [2.45, 2.75) is 4.34 Å². The first kappa shape index (κ1) is 19.4. The Bertz CT molecular complexity index is 1010. The Hall–Kier alpha value is -3.38. The number of rotatable bonds is 7. The monoisotopic (exact) mass is 417 g/mol. The van der Waals surface area contributed by atoms with Crippen molar-refractivity contribution in [3.05, 3.63) is 58.4 Å². The molecule has 12 heteroatoms. The number of carboxylic acids is 1. The molecule has 0 atom stereocenters. The highest BCUT2D eigenvalue weighted by atomic mass is 32.2. The van der Waals surface area contributed by atoms with E-state index in [1.54, 1.807) is 18.5 Å². The van der Waals surface area contributed by atoms with Crippen molar-refractivity contribution in [3.63, 3.8) is 0 Å². The average Bonchev–Trinajstić information content (AvgIpc) is 3.16. The Kier molecular flexibility index (Phi) is 5.91. The minimum Gasteiger partial charge on any atom is -0.478 e. The van der Waals surface area contributed by atoms with Crippen molar-refractivity contribution in [3.8, 4) is 10.6 Å². The number of nitro groups is 1. The number of non-ortho nitro benzene ring substituents is 1. The van der Waals surface area contributed by atoms with Gasteiger partial charge in [-0.15, -0.1) is 10.2 Å². The summed E-state index contributed by atoms with van der Waals surface area (Å²) in [5, 5.41) is 31.1. The molecule has 142 valence electrons. The first-order chi connectivity index (χ1) is 13.4. The molecule has 0 aliphatic heterocycles. The number of amides is 1. The third-order valence-corrected chi connectivity index (χ3v) is 5.41. The number of nitrogens with zero attached hydrogens (tertiary/aromatic N) is 4. The predicted octanol–water partition coefficient (Wildman–Crippen LogP) is 2.94. The number of aromatic nitrogens is 3. The number of pyridine rings is 1. The van der Waals surface area contributed by atoms with E-state index in [4.69, 9.17) is 5.11 Å². The van der Waals surface area contributed by atoms with Crippen LogP contribution in [-0.4, -0.2) is 42.8 Å². The lowest BCUT2D eigenvalue weighted by molar-refractivity contribution is -0.384. The van der Waals surface area contributed by atoms with Gasteiger partial charge in [-0.25, -0.2) is 4.79 Å². The molecule has 0 aliphatic rings. The average molecular weight is 417 g/mol. The molecule has 2 N–H and O–H groups in total. The van der Waals surface area contributed by atoms with Gasteiger partial charge in [-0.1, -0.05) is 23.1 Å². The molecule has 0 unspecified atom stereocenters. The number of nitrogens with one attached hydrogen (secondary N) is 1. The normalized spacial score (nSPS) is 10.4. The molecule has 0 aliphatic carbocycles. The molecule has 0 spiro atoms. The SMILES string of the molecule is O=C(CSc1nnc(-c2cccnc2)s1)Nc1cc(C(=O)O)cc([N+](=O)[O-])c1. The minimum atomic E-state index is -1.33. The van der Waals surface area contributed by atoms with E-state index in [0.717, 1.165) is 35.5 Å². The van der Waals surface area contributed by atoms with Crippen LogP contribution in [0.25, 0.3) is 10.6 Å². The second-order valence-corrected chi connectivity index (χ2v) is 7.48. The van der Waals surface area contributed by atoms with Gasteiger partial charge in [0, 0.05) is 35.8 Å². The largest absolute Gasteiger partial charge is 0.478 e. The van der Waals surface area contributed by atoms with Gasteiger partial charge in [0.05, 0.1) is 16.2 Å². The van der Waals surface area contributed by atoms with Gasteiger partial charge < -0.3 is 10.4 Å². The van der Waals surface area contributed by atoms with Crippen LogP contribution in [0.5, 0.6) is 0 Å². The van der Waals surface area contributed by atoms with Crippen molar-refractivity contribution in [2.24, 2.45) is 0 Å². The summed E-state index contributed by atoms with van der Waals surface area (Å²) in [5.74, 6) is -1.81. The molecule has 0 bridgehead atoms. The smallest absolute Gasteiger partial charge is 0.336 e. The van der Waals surface area contributed by atoms with E-state index in [0.29, 0.717) is 9.35 Å². The van der Waals surface area contributed by atoms with Crippen LogP contribution in [-0.2, 0) is 4.79 Å². The Balaban J connectivity index is 1.64. The van der Waals surface area contributed by atoms with Crippen LogP contribution in [0.3, 0.4) is 0 Å². The number of carbonyl (C=O) groups excluding carboxylic acids is 1. The lowest BCUT2D eigenvalue weighted by atomic mass is 10.1. The molecule has 28 heavy (non-hydrogen) atoms. The van der Waals surface area contributed by atoms with Crippen LogP contribution >= 0.6 is 23.1 Å². The van der Waals surface area contributed by atoms with E-state index < -0.39 is 22.5 Å². The van der Waals surface area contributed by atoms with E-state index in [9.17, 15) is 19.7 Å². The molecule has 10 nitrogen and oxygen atoms in total. The van der Waals surface area contributed by atoms with Gasteiger partial charge in [-0.2, -0.15) is 0 Å². The zero-order chi connectivity index (χ0) is 20.1. The van der Waals surface area contributed by atoms with Gasteiger partial charge in [-0.3, -0.25) is 19.9 Å². The Labute approximate surface area is 165 Å². The highest BCUT2D eigenvalue weighted by molar-refractivity contribution is 8.01. The molecule has 2 heterocycles.